The molecule has 0 spiro atoms. The van der Waals surface area contributed by atoms with Gasteiger partial charge < -0.3 is 43.2 Å². The Labute approximate surface area is 189 Å². The summed E-state index contributed by atoms with van der Waals surface area (Å²) in [5.41, 5.74) is 0. The Hall–Kier alpha value is -0.360. The summed E-state index contributed by atoms with van der Waals surface area (Å²) in [6.07, 6.45) is 1.14. The number of nitrogens with one attached hydrogen (secondary N) is 1. The first-order chi connectivity index (χ1) is 15.3. The highest BCUT2D eigenvalue weighted by molar-refractivity contribution is 4.46. The van der Waals surface area contributed by atoms with E-state index in [0.717, 1.165) is 19.6 Å². The number of rotatable bonds is 27. The average Bonchev–Trinajstić information content (AvgIpc) is 2.78. The van der Waals surface area contributed by atoms with Gasteiger partial charge in [-0.1, -0.05) is 20.3 Å². The molecule has 0 radical (unpaired) electrons. The zero-order chi connectivity index (χ0) is 22.7. The van der Waals surface area contributed by atoms with Gasteiger partial charge >= 0.3 is 0 Å². The standard InChI is InChI=1S/C22H47NO8/c1-4-22(2)21-31-20-19-30-18-17-29-16-15-28-14-13-27-12-11-26-10-9-25-8-7-24-6-5-23-3/h22-23H,4-21H2,1-3H3. The minimum atomic E-state index is 0.545. The van der Waals surface area contributed by atoms with Crippen LogP contribution < -0.4 is 5.32 Å². The normalized spacial score (nSPS) is 12.5. The zero-order valence-corrected chi connectivity index (χ0v) is 20.1. The summed E-state index contributed by atoms with van der Waals surface area (Å²) >= 11 is 0. The van der Waals surface area contributed by atoms with Crippen LogP contribution in [0.5, 0.6) is 0 Å². The molecule has 9 heteroatoms. The maximum absolute atomic E-state index is 5.52. The van der Waals surface area contributed by atoms with E-state index in [-0.39, 0.29) is 0 Å². The van der Waals surface area contributed by atoms with Gasteiger partial charge in [0.1, 0.15) is 0 Å². The van der Waals surface area contributed by atoms with Crippen molar-refractivity contribution in [2.45, 2.75) is 20.3 Å². The van der Waals surface area contributed by atoms with Crippen molar-refractivity contribution in [3.05, 3.63) is 0 Å². The molecule has 1 unspecified atom stereocenters. The quantitative estimate of drug-likeness (QED) is 0.185. The Bertz CT molecular complexity index is 326. The predicted molar refractivity (Wildman–Crippen MR) is 120 cm³/mol. The molecule has 0 heterocycles. The van der Waals surface area contributed by atoms with Crippen molar-refractivity contribution in [1.82, 2.24) is 5.32 Å². The molecule has 188 valence electrons. The zero-order valence-electron chi connectivity index (χ0n) is 20.1. The maximum atomic E-state index is 5.52. The summed E-state index contributed by atoms with van der Waals surface area (Å²) in [6.45, 7) is 14.7. The molecule has 1 N–H and O–H groups in total. The third-order valence-corrected chi connectivity index (χ3v) is 4.20. The van der Waals surface area contributed by atoms with Gasteiger partial charge in [-0.2, -0.15) is 0 Å². The molecule has 0 aliphatic rings. The fourth-order valence-corrected chi connectivity index (χ4v) is 2.12. The molecular formula is C22H47NO8. The van der Waals surface area contributed by atoms with E-state index in [0.29, 0.717) is 105 Å². The molecule has 1 atom stereocenters. The fourth-order valence-electron chi connectivity index (χ4n) is 2.12. The lowest BCUT2D eigenvalue weighted by molar-refractivity contribution is -0.0237. The molecule has 0 saturated carbocycles. The molecule has 0 fully saturated rings. The van der Waals surface area contributed by atoms with E-state index in [1.165, 1.54) is 0 Å². The molecule has 0 aromatic heterocycles. The lowest BCUT2D eigenvalue weighted by Gasteiger charge is -2.10. The Balaban J connectivity index is 3.01. The van der Waals surface area contributed by atoms with Crippen molar-refractivity contribution in [2.24, 2.45) is 5.92 Å². The highest BCUT2D eigenvalue weighted by atomic mass is 16.6. The molecule has 0 aliphatic carbocycles. The summed E-state index contributed by atoms with van der Waals surface area (Å²) in [7, 11) is 1.90. The molecule has 0 aromatic rings. The van der Waals surface area contributed by atoms with Gasteiger partial charge in [0.25, 0.3) is 0 Å². The number of ether oxygens (including phenoxy) is 8. The SMILES string of the molecule is CCC(C)COCCOCCOCCOCCOCCOCCOCCOCCNC. The van der Waals surface area contributed by atoms with Crippen LogP contribution in [0.4, 0.5) is 0 Å². The molecule has 0 amide bonds. The fraction of sp³-hybridized carbons (Fsp3) is 1.00. The van der Waals surface area contributed by atoms with Crippen molar-refractivity contribution < 1.29 is 37.9 Å². The van der Waals surface area contributed by atoms with E-state index in [1.807, 2.05) is 7.05 Å². The van der Waals surface area contributed by atoms with Crippen LogP contribution in [-0.4, -0.2) is 119 Å². The molecule has 0 aliphatic heterocycles. The van der Waals surface area contributed by atoms with Crippen LogP contribution in [0.3, 0.4) is 0 Å². The van der Waals surface area contributed by atoms with Crippen LogP contribution in [0.1, 0.15) is 20.3 Å². The van der Waals surface area contributed by atoms with Crippen molar-refractivity contribution in [1.29, 1.82) is 0 Å². The first-order valence-corrected chi connectivity index (χ1v) is 11.6. The van der Waals surface area contributed by atoms with E-state index >= 15 is 0 Å². The third kappa shape index (κ3) is 27.6. The van der Waals surface area contributed by atoms with E-state index in [1.54, 1.807) is 0 Å². The Kier molecular flexibility index (Phi) is 27.4. The summed E-state index contributed by atoms with van der Waals surface area (Å²) < 4.78 is 43.5. The van der Waals surface area contributed by atoms with Gasteiger partial charge in [0.05, 0.1) is 99.1 Å². The molecule has 31 heavy (non-hydrogen) atoms. The summed E-state index contributed by atoms with van der Waals surface area (Å²) in [4.78, 5) is 0. The first-order valence-electron chi connectivity index (χ1n) is 11.6. The van der Waals surface area contributed by atoms with E-state index in [4.69, 9.17) is 37.9 Å². The third-order valence-electron chi connectivity index (χ3n) is 4.20. The van der Waals surface area contributed by atoms with Gasteiger partial charge in [-0.25, -0.2) is 0 Å². The number of likely N-dealkylation sites (N-methyl/N-ethyl adjacent to an activating group) is 1. The minimum Gasteiger partial charge on any atom is -0.379 e. The van der Waals surface area contributed by atoms with Crippen LogP contribution in [-0.2, 0) is 37.9 Å². The van der Waals surface area contributed by atoms with Gasteiger partial charge in [-0.15, -0.1) is 0 Å². The van der Waals surface area contributed by atoms with E-state index in [2.05, 4.69) is 19.2 Å². The van der Waals surface area contributed by atoms with Crippen molar-refractivity contribution in [3.8, 4) is 0 Å². The van der Waals surface area contributed by atoms with Gasteiger partial charge in [-0.05, 0) is 13.0 Å². The minimum absolute atomic E-state index is 0.545. The maximum Gasteiger partial charge on any atom is 0.0701 e. The lowest BCUT2D eigenvalue weighted by atomic mass is 10.1. The van der Waals surface area contributed by atoms with Crippen LogP contribution in [0.15, 0.2) is 0 Å². The largest absolute Gasteiger partial charge is 0.379 e. The Morgan fingerprint density at radius 3 is 1.06 bits per heavy atom. The van der Waals surface area contributed by atoms with Crippen molar-refractivity contribution in [3.63, 3.8) is 0 Å². The van der Waals surface area contributed by atoms with Crippen molar-refractivity contribution >= 4 is 0 Å². The van der Waals surface area contributed by atoms with E-state index in [9.17, 15) is 0 Å². The second kappa shape index (κ2) is 27.7. The predicted octanol–water partition coefficient (Wildman–Crippen LogP) is 1.38. The monoisotopic (exact) mass is 453 g/mol. The van der Waals surface area contributed by atoms with Crippen LogP contribution >= 0.6 is 0 Å². The van der Waals surface area contributed by atoms with Crippen LogP contribution in [0, 0.1) is 5.92 Å². The average molecular weight is 454 g/mol. The van der Waals surface area contributed by atoms with Gasteiger partial charge in [0, 0.05) is 13.2 Å². The molecule has 0 rings (SSSR count). The van der Waals surface area contributed by atoms with Crippen LogP contribution in [0.25, 0.3) is 0 Å². The smallest absolute Gasteiger partial charge is 0.0701 e. The Morgan fingerprint density at radius 1 is 0.484 bits per heavy atom. The highest BCUT2D eigenvalue weighted by Gasteiger charge is 1.98. The number of hydrogen-bond donors (Lipinski definition) is 1. The first kappa shape index (κ1) is 30.6. The Morgan fingerprint density at radius 2 is 0.774 bits per heavy atom. The summed E-state index contributed by atoms with van der Waals surface area (Å²) in [5, 5.41) is 3.02. The van der Waals surface area contributed by atoms with Gasteiger partial charge in [-0.3, -0.25) is 0 Å². The lowest BCUT2D eigenvalue weighted by Crippen LogP contribution is -2.17. The highest BCUT2D eigenvalue weighted by Crippen LogP contribution is 1.99. The van der Waals surface area contributed by atoms with Gasteiger partial charge in [0.15, 0.2) is 0 Å². The molecule has 0 aromatic carbocycles. The second-order valence-electron chi connectivity index (χ2n) is 6.98. The molecule has 0 saturated heterocycles. The molecular weight excluding hydrogens is 406 g/mol. The summed E-state index contributed by atoms with van der Waals surface area (Å²) in [5.74, 6) is 0.608. The molecule has 0 bridgehead atoms. The number of hydrogen-bond acceptors (Lipinski definition) is 9. The second-order valence-corrected chi connectivity index (χ2v) is 6.98. The topological polar surface area (TPSA) is 85.9 Å². The van der Waals surface area contributed by atoms with Crippen molar-refractivity contribution in [2.75, 3.05) is 119 Å². The van der Waals surface area contributed by atoms with E-state index < -0.39 is 0 Å². The van der Waals surface area contributed by atoms with Gasteiger partial charge in [0.2, 0.25) is 0 Å². The summed E-state index contributed by atoms with van der Waals surface area (Å²) in [6, 6.07) is 0. The van der Waals surface area contributed by atoms with Crippen LogP contribution in [0.2, 0.25) is 0 Å². The molecule has 9 nitrogen and oxygen atoms in total.